The average molecular weight is 378 g/mol. The highest BCUT2D eigenvalue weighted by molar-refractivity contribution is 6.32. The van der Waals surface area contributed by atoms with Gasteiger partial charge in [-0.1, -0.05) is 66.2 Å². The van der Waals surface area contributed by atoms with E-state index in [1.807, 2.05) is 71.6 Å². The van der Waals surface area contributed by atoms with Crippen molar-refractivity contribution in [3.05, 3.63) is 83.4 Å². The van der Waals surface area contributed by atoms with Gasteiger partial charge in [0.05, 0.1) is 5.02 Å². The van der Waals surface area contributed by atoms with Gasteiger partial charge in [-0.25, -0.2) is 0 Å². The summed E-state index contributed by atoms with van der Waals surface area (Å²) in [5.41, 5.74) is 4.28. The van der Waals surface area contributed by atoms with Crippen LogP contribution in [0.15, 0.2) is 72.8 Å². The largest absolute Gasteiger partial charge is 0.482 e. The van der Waals surface area contributed by atoms with Crippen molar-refractivity contribution < 1.29 is 9.53 Å². The van der Waals surface area contributed by atoms with Crippen molar-refractivity contribution in [3.63, 3.8) is 0 Å². The summed E-state index contributed by atoms with van der Waals surface area (Å²) < 4.78 is 5.74. The minimum absolute atomic E-state index is 0.0386. The van der Waals surface area contributed by atoms with Crippen molar-refractivity contribution in [2.24, 2.45) is 0 Å². The zero-order chi connectivity index (χ0) is 18.8. The monoisotopic (exact) mass is 377 g/mol. The van der Waals surface area contributed by atoms with Crippen molar-refractivity contribution in [1.29, 1.82) is 0 Å². The molecule has 3 nitrogen and oxygen atoms in total. The number of para-hydroxylation sites is 1. The first kappa shape index (κ1) is 17.6. The van der Waals surface area contributed by atoms with Gasteiger partial charge in [0.1, 0.15) is 5.75 Å². The molecule has 0 N–H and O–H groups in total. The van der Waals surface area contributed by atoms with Crippen LogP contribution < -0.4 is 9.64 Å². The summed E-state index contributed by atoms with van der Waals surface area (Å²) >= 11 is 6.38. The smallest absolute Gasteiger partial charge is 0.265 e. The van der Waals surface area contributed by atoms with Crippen LogP contribution in [0.25, 0.3) is 11.1 Å². The van der Waals surface area contributed by atoms with Gasteiger partial charge in [-0.2, -0.15) is 0 Å². The van der Waals surface area contributed by atoms with Gasteiger partial charge in [0.2, 0.25) is 0 Å². The lowest BCUT2D eigenvalue weighted by atomic mass is 10.1. The van der Waals surface area contributed by atoms with E-state index in [1.165, 1.54) is 5.56 Å². The number of hydrogen-bond acceptors (Lipinski definition) is 2. The van der Waals surface area contributed by atoms with Gasteiger partial charge in [-0.3, -0.25) is 4.79 Å². The number of ether oxygens (including phenoxy) is 1. The molecule has 136 valence electrons. The summed E-state index contributed by atoms with van der Waals surface area (Å²) in [5, 5.41) is 0.499. The van der Waals surface area contributed by atoms with E-state index in [9.17, 15) is 4.79 Å². The van der Waals surface area contributed by atoms with E-state index in [4.69, 9.17) is 16.3 Å². The Balaban J connectivity index is 1.47. The second-order valence-electron chi connectivity index (χ2n) is 6.75. The third-order valence-corrected chi connectivity index (χ3v) is 5.16. The topological polar surface area (TPSA) is 29.5 Å². The number of carbonyl (C=O) groups is 1. The second-order valence-corrected chi connectivity index (χ2v) is 7.15. The van der Waals surface area contributed by atoms with Crippen molar-refractivity contribution in [3.8, 4) is 16.9 Å². The fraction of sp³-hybridized carbons (Fsp3) is 0.174. The number of anilines is 1. The Morgan fingerprint density at radius 3 is 2.56 bits per heavy atom. The van der Waals surface area contributed by atoms with Gasteiger partial charge in [0, 0.05) is 11.7 Å². The van der Waals surface area contributed by atoms with E-state index in [1.54, 1.807) is 0 Å². The summed E-state index contributed by atoms with van der Waals surface area (Å²) in [4.78, 5) is 14.6. The molecule has 0 spiro atoms. The molecule has 1 atom stereocenters. The maximum absolute atomic E-state index is 12.7. The summed E-state index contributed by atoms with van der Waals surface area (Å²) in [6.45, 7) is 2.02. The van der Waals surface area contributed by atoms with E-state index >= 15 is 0 Å². The van der Waals surface area contributed by atoms with E-state index < -0.39 is 0 Å². The summed E-state index contributed by atoms with van der Waals surface area (Å²) in [6.07, 6.45) is 0.869. The van der Waals surface area contributed by atoms with Gasteiger partial charge in [0.15, 0.2) is 6.61 Å². The second kappa shape index (κ2) is 7.45. The molecular weight excluding hydrogens is 358 g/mol. The van der Waals surface area contributed by atoms with Crippen LogP contribution in [-0.2, 0) is 11.2 Å². The first-order valence-electron chi connectivity index (χ1n) is 9.01. The predicted octanol–water partition coefficient (Wildman–Crippen LogP) is 5.36. The Hall–Kier alpha value is -2.78. The van der Waals surface area contributed by atoms with Crippen LogP contribution in [0.1, 0.15) is 12.5 Å². The van der Waals surface area contributed by atoms with Crippen molar-refractivity contribution in [2.45, 2.75) is 19.4 Å². The Morgan fingerprint density at radius 2 is 1.78 bits per heavy atom. The van der Waals surface area contributed by atoms with Crippen LogP contribution in [0.5, 0.6) is 5.75 Å². The molecule has 0 bridgehead atoms. The third kappa shape index (κ3) is 3.56. The van der Waals surface area contributed by atoms with E-state index in [0.717, 1.165) is 23.2 Å². The van der Waals surface area contributed by atoms with Crippen molar-refractivity contribution in [1.82, 2.24) is 0 Å². The van der Waals surface area contributed by atoms with Crippen LogP contribution in [-0.4, -0.2) is 18.6 Å². The molecule has 27 heavy (non-hydrogen) atoms. The first-order chi connectivity index (χ1) is 13.1. The third-order valence-electron chi connectivity index (χ3n) is 4.87. The molecule has 1 amide bonds. The zero-order valence-corrected chi connectivity index (χ0v) is 15.8. The average Bonchev–Trinajstić information content (AvgIpc) is 3.03. The van der Waals surface area contributed by atoms with E-state index in [0.29, 0.717) is 10.8 Å². The van der Waals surface area contributed by atoms with E-state index in [2.05, 4.69) is 13.0 Å². The molecular formula is C23H20ClNO2. The molecule has 0 unspecified atom stereocenters. The minimum atomic E-state index is -0.0596. The maximum atomic E-state index is 12.7. The summed E-state index contributed by atoms with van der Waals surface area (Å²) in [7, 11) is 0. The molecule has 1 aliphatic heterocycles. The van der Waals surface area contributed by atoms with Gasteiger partial charge in [-0.15, -0.1) is 0 Å². The lowest BCUT2D eigenvalue weighted by molar-refractivity contribution is -0.120. The molecule has 1 aliphatic rings. The normalized spacial score (nSPS) is 15.5. The molecule has 3 aromatic rings. The standard InChI is InChI=1S/C23H20ClNO2/c1-16-13-19-9-5-6-10-21(19)25(16)23(26)15-27-22-12-11-18(14-20(22)24)17-7-3-2-4-8-17/h2-12,14,16H,13,15H2,1H3/t16-/m1/s1. The summed E-state index contributed by atoms with van der Waals surface area (Å²) in [6, 6.07) is 23.8. The molecule has 0 saturated heterocycles. The Kier molecular flexibility index (Phi) is 4.87. The van der Waals surface area contributed by atoms with Crippen molar-refractivity contribution in [2.75, 3.05) is 11.5 Å². The fourth-order valence-corrected chi connectivity index (χ4v) is 3.82. The van der Waals surface area contributed by atoms with Crippen LogP contribution in [0.4, 0.5) is 5.69 Å². The lowest BCUT2D eigenvalue weighted by Gasteiger charge is -2.23. The van der Waals surface area contributed by atoms with Crippen LogP contribution in [0.2, 0.25) is 5.02 Å². The fourth-order valence-electron chi connectivity index (χ4n) is 3.58. The number of carbonyl (C=O) groups excluding carboxylic acids is 1. The van der Waals surface area contributed by atoms with Gasteiger partial charge >= 0.3 is 0 Å². The van der Waals surface area contributed by atoms with Crippen molar-refractivity contribution >= 4 is 23.2 Å². The Bertz CT molecular complexity index is 971. The molecule has 3 aromatic carbocycles. The molecule has 0 fully saturated rings. The van der Waals surface area contributed by atoms with Gasteiger partial charge in [0.25, 0.3) is 5.91 Å². The van der Waals surface area contributed by atoms with Crippen LogP contribution in [0.3, 0.4) is 0 Å². The van der Waals surface area contributed by atoms with Crippen LogP contribution >= 0.6 is 11.6 Å². The quantitative estimate of drug-likeness (QED) is 0.612. The number of nitrogens with zero attached hydrogens (tertiary/aromatic N) is 1. The molecule has 4 rings (SSSR count). The van der Waals surface area contributed by atoms with Gasteiger partial charge < -0.3 is 9.64 Å². The maximum Gasteiger partial charge on any atom is 0.265 e. The van der Waals surface area contributed by atoms with Crippen LogP contribution in [0, 0.1) is 0 Å². The Labute approximate surface area is 164 Å². The lowest BCUT2D eigenvalue weighted by Crippen LogP contribution is -2.39. The molecule has 4 heteroatoms. The number of rotatable bonds is 4. The minimum Gasteiger partial charge on any atom is -0.482 e. The molecule has 0 radical (unpaired) electrons. The molecule has 0 aliphatic carbocycles. The summed E-state index contributed by atoms with van der Waals surface area (Å²) in [5.74, 6) is 0.459. The zero-order valence-electron chi connectivity index (χ0n) is 15.1. The number of benzene rings is 3. The highest BCUT2D eigenvalue weighted by Gasteiger charge is 2.30. The first-order valence-corrected chi connectivity index (χ1v) is 9.39. The van der Waals surface area contributed by atoms with E-state index in [-0.39, 0.29) is 18.6 Å². The molecule has 1 heterocycles. The molecule has 0 saturated carbocycles. The number of amides is 1. The number of halogens is 1. The highest BCUT2D eigenvalue weighted by atomic mass is 35.5. The molecule has 0 aromatic heterocycles. The SMILES string of the molecule is C[C@@H]1Cc2ccccc2N1C(=O)COc1ccc(-c2ccccc2)cc1Cl. The highest BCUT2D eigenvalue weighted by Crippen LogP contribution is 2.33. The Morgan fingerprint density at radius 1 is 1.04 bits per heavy atom. The predicted molar refractivity (Wildman–Crippen MR) is 109 cm³/mol. The number of fused-ring (bicyclic) bond motifs is 1. The number of hydrogen-bond donors (Lipinski definition) is 0. The van der Waals surface area contributed by atoms with Gasteiger partial charge in [-0.05, 0) is 48.2 Å².